The molecule has 0 aromatic heterocycles. The van der Waals surface area contributed by atoms with Crippen molar-refractivity contribution in [2.75, 3.05) is 19.6 Å². The summed E-state index contributed by atoms with van der Waals surface area (Å²) in [6.45, 7) is 11.5. The van der Waals surface area contributed by atoms with Crippen LogP contribution in [0.15, 0.2) is 48.5 Å². The number of benzene rings is 2. The number of hydrogen-bond donors (Lipinski definition) is 4. The fourth-order valence-electron chi connectivity index (χ4n) is 4.42. The third-order valence-electron chi connectivity index (χ3n) is 6.38. The van der Waals surface area contributed by atoms with E-state index < -0.39 is 24.2 Å². The van der Waals surface area contributed by atoms with Crippen LogP contribution >= 0.6 is 0 Å². The molecule has 3 atom stereocenters. The van der Waals surface area contributed by atoms with E-state index >= 15 is 0 Å². The summed E-state index contributed by atoms with van der Waals surface area (Å²) in [7, 11) is 0. The molecule has 39 heavy (non-hydrogen) atoms. The molecule has 0 fully saturated rings. The Balaban J connectivity index is 2.26. The summed E-state index contributed by atoms with van der Waals surface area (Å²) in [6, 6.07) is 13.5. The number of aliphatic hydroxyl groups is 2. The first kappa shape index (κ1) is 32.0. The lowest BCUT2D eigenvalue weighted by atomic mass is 9.95. The maximum absolute atomic E-state index is 13.4. The lowest BCUT2D eigenvalue weighted by molar-refractivity contribution is -0.125. The van der Waals surface area contributed by atoms with Gasteiger partial charge in [0.2, 0.25) is 5.91 Å². The van der Waals surface area contributed by atoms with Crippen LogP contribution in [0.25, 0.3) is 0 Å². The van der Waals surface area contributed by atoms with Gasteiger partial charge in [-0.2, -0.15) is 0 Å². The van der Waals surface area contributed by atoms with Crippen LogP contribution in [0.2, 0.25) is 0 Å². The van der Waals surface area contributed by atoms with Gasteiger partial charge in [-0.25, -0.2) is 0 Å². The second-order valence-electron chi connectivity index (χ2n) is 10.6. The minimum Gasteiger partial charge on any atom is -0.390 e. The number of hydrogen-bond acceptors (Lipinski definition) is 5. The third-order valence-corrected chi connectivity index (χ3v) is 6.38. The highest BCUT2D eigenvalue weighted by molar-refractivity contribution is 6.00. The predicted octanol–water partition coefficient (Wildman–Crippen LogP) is 3.48. The largest absolute Gasteiger partial charge is 0.390 e. The Morgan fingerprint density at radius 3 is 2.13 bits per heavy atom. The monoisotopic (exact) mass is 539 g/mol. The van der Waals surface area contributed by atoms with E-state index in [-0.39, 0.29) is 30.6 Å². The standard InChI is InChI=1S/C31H45N3O5/c1-6-13-34(14-7-2)31(39)25-16-22(5)15-24(18-25)30(38)33-26(17-23-11-9-8-10-12-23)29(37)27(35)19-28(36)32-20-21(3)4/h8-12,15-16,18,21,26-27,29,35,37H,6-7,13-14,17,19-20H2,1-5H3,(H,32,36)(H,33,38)/t26-,27+,29+/m0/s1. The van der Waals surface area contributed by atoms with Gasteiger partial charge in [0, 0.05) is 30.8 Å². The average molecular weight is 540 g/mol. The number of carbonyl (C=O) groups is 3. The van der Waals surface area contributed by atoms with Gasteiger partial charge in [0.1, 0.15) is 6.10 Å². The van der Waals surface area contributed by atoms with E-state index in [0.717, 1.165) is 24.0 Å². The van der Waals surface area contributed by atoms with E-state index in [4.69, 9.17) is 0 Å². The van der Waals surface area contributed by atoms with E-state index in [9.17, 15) is 24.6 Å². The topological polar surface area (TPSA) is 119 Å². The molecule has 2 aromatic rings. The van der Waals surface area contributed by atoms with Crippen molar-refractivity contribution in [2.45, 2.75) is 78.6 Å². The molecule has 4 N–H and O–H groups in total. The minimum absolute atomic E-state index is 0.125. The van der Waals surface area contributed by atoms with Crippen molar-refractivity contribution in [3.05, 3.63) is 70.8 Å². The number of aliphatic hydroxyl groups excluding tert-OH is 2. The Bertz CT molecular complexity index is 1070. The Morgan fingerprint density at radius 1 is 0.923 bits per heavy atom. The number of aryl methyl sites for hydroxylation is 1. The lowest BCUT2D eigenvalue weighted by Gasteiger charge is -2.28. The molecule has 0 saturated carbocycles. The maximum Gasteiger partial charge on any atom is 0.253 e. The molecule has 0 aliphatic rings. The molecule has 0 heterocycles. The molecule has 0 unspecified atom stereocenters. The molecule has 0 saturated heterocycles. The number of nitrogens with one attached hydrogen (secondary N) is 2. The van der Waals surface area contributed by atoms with E-state index in [1.165, 1.54) is 0 Å². The van der Waals surface area contributed by atoms with Crippen LogP contribution < -0.4 is 10.6 Å². The lowest BCUT2D eigenvalue weighted by Crippen LogP contribution is -2.51. The van der Waals surface area contributed by atoms with Crippen molar-refractivity contribution < 1.29 is 24.6 Å². The van der Waals surface area contributed by atoms with Crippen LogP contribution in [0.5, 0.6) is 0 Å². The van der Waals surface area contributed by atoms with Crippen molar-refractivity contribution in [1.82, 2.24) is 15.5 Å². The van der Waals surface area contributed by atoms with Gasteiger partial charge in [-0.1, -0.05) is 58.0 Å². The molecule has 8 heteroatoms. The molecule has 214 valence electrons. The summed E-state index contributed by atoms with van der Waals surface area (Å²) in [5.41, 5.74) is 2.35. The first-order chi connectivity index (χ1) is 18.5. The first-order valence-electron chi connectivity index (χ1n) is 13.9. The molecule has 0 aliphatic heterocycles. The second kappa shape index (κ2) is 16.0. The van der Waals surface area contributed by atoms with Crippen molar-refractivity contribution >= 4 is 17.7 Å². The number of nitrogens with zero attached hydrogens (tertiary/aromatic N) is 1. The van der Waals surface area contributed by atoms with Gasteiger partial charge in [-0.3, -0.25) is 14.4 Å². The molecule has 0 spiro atoms. The van der Waals surface area contributed by atoms with Crippen LogP contribution in [-0.4, -0.2) is 70.7 Å². The molecule has 3 amide bonds. The Labute approximate surface area is 232 Å². The molecule has 0 radical (unpaired) electrons. The summed E-state index contributed by atoms with van der Waals surface area (Å²) in [4.78, 5) is 40.7. The highest BCUT2D eigenvalue weighted by Crippen LogP contribution is 2.16. The van der Waals surface area contributed by atoms with Crippen molar-refractivity contribution in [3.8, 4) is 0 Å². The molecule has 2 aromatic carbocycles. The quantitative estimate of drug-likeness (QED) is 0.276. The van der Waals surface area contributed by atoms with E-state index in [0.29, 0.717) is 30.8 Å². The minimum atomic E-state index is -1.39. The van der Waals surface area contributed by atoms with Crippen molar-refractivity contribution in [1.29, 1.82) is 0 Å². The summed E-state index contributed by atoms with van der Waals surface area (Å²) >= 11 is 0. The molecule has 2 rings (SSSR count). The highest BCUT2D eigenvalue weighted by Gasteiger charge is 2.30. The van der Waals surface area contributed by atoms with Gasteiger partial charge in [0.05, 0.1) is 18.6 Å². The van der Waals surface area contributed by atoms with Gasteiger partial charge in [-0.05, 0) is 61.4 Å². The smallest absolute Gasteiger partial charge is 0.253 e. The van der Waals surface area contributed by atoms with Gasteiger partial charge < -0.3 is 25.7 Å². The predicted molar refractivity (Wildman–Crippen MR) is 154 cm³/mol. The fourth-order valence-corrected chi connectivity index (χ4v) is 4.42. The van der Waals surface area contributed by atoms with Gasteiger partial charge in [0.25, 0.3) is 11.8 Å². The third kappa shape index (κ3) is 10.5. The number of rotatable bonds is 15. The molecule has 0 bridgehead atoms. The Hall–Kier alpha value is -3.23. The fraction of sp³-hybridized carbons (Fsp3) is 0.516. The summed E-state index contributed by atoms with van der Waals surface area (Å²) < 4.78 is 0. The van der Waals surface area contributed by atoms with E-state index in [1.54, 1.807) is 23.1 Å². The van der Waals surface area contributed by atoms with Crippen LogP contribution in [0.4, 0.5) is 0 Å². The van der Waals surface area contributed by atoms with E-state index in [2.05, 4.69) is 10.6 Å². The van der Waals surface area contributed by atoms with Crippen LogP contribution in [0.3, 0.4) is 0 Å². The van der Waals surface area contributed by atoms with Crippen molar-refractivity contribution in [2.24, 2.45) is 5.92 Å². The Morgan fingerprint density at radius 2 is 1.54 bits per heavy atom. The summed E-state index contributed by atoms with van der Waals surface area (Å²) in [5, 5.41) is 27.3. The molecule has 0 aliphatic carbocycles. The zero-order valence-corrected chi connectivity index (χ0v) is 23.9. The summed E-state index contributed by atoms with van der Waals surface area (Å²) in [6.07, 6.45) is -1.14. The van der Waals surface area contributed by atoms with Gasteiger partial charge >= 0.3 is 0 Å². The molecule has 8 nitrogen and oxygen atoms in total. The summed E-state index contributed by atoms with van der Waals surface area (Å²) in [5.74, 6) is -0.712. The van der Waals surface area contributed by atoms with Crippen LogP contribution in [-0.2, 0) is 11.2 Å². The van der Waals surface area contributed by atoms with Crippen LogP contribution in [0, 0.1) is 12.8 Å². The SMILES string of the molecule is CCCN(CCC)C(=O)c1cc(C)cc(C(=O)N[C@@H](Cc2ccccc2)[C@@H](O)[C@H](O)CC(=O)NCC(C)C)c1. The molecular formula is C31H45N3O5. The van der Waals surface area contributed by atoms with Crippen LogP contribution in [0.1, 0.15) is 78.8 Å². The zero-order valence-electron chi connectivity index (χ0n) is 23.9. The molecular weight excluding hydrogens is 494 g/mol. The highest BCUT2D eigenvalue weighted by atomic mass is 16.3. The van der Waals surface area contributed by atoms with Gasteiger partial charge in [-0.15, -0.1) is 0 Å². The van der Waals surface area contributed by atoms with Gasteiger partial charge in [0.15, 0.2) is 0 Å². The van der Waals surface area contributed by atoms with E-state index in [1.807, 2.05) is 65.0 Å². The number of amides is 3. The Kier molecular flexibility index (Phi) is 13.1. The second-order valence-corrected chi connectivity index (χ2v) is 10.6. The van der Waals surface area contributed by atoms with Crippen molar-refractivity contribution in [3.63, 3.8) is 0 Å². The number of carbonyl (C=O) groups excluding carboxylic acids is 3. The zero-order chi connectivity index (χ0) is 28.9. The normalized spacial score (nSPS) is 13.4. The average Bonchev–Trinajstić information content (AvgIpc) is 2.90. The maximum atomic E-state index is 13.4. The first-order valence-corrected chi connectivity index (χ1v) is 13.9.